The number of phenols is 1. The summed E-state index contributed by atoms with van der Waals surface area (Å²) in [7, 11) is 0. The van der Waals surface area contributed by atoms with E-state index in [2.05, 4.69) is 15.9 Å². The van der Waals surface area contributed by atoms with Gasteiger partial charge in [-0.15, -0.1) is 0 Å². The highest BCUT2D eigenvalue weighted by Gasteiger charge is 2.00. The van der Waals surface area contributed by atoms with Gasteiger partial charge in [0.1, 0.15) is 18.1 Å². The van der Waals surface area contributed by atoms with Crippen LogP contribution in [0.25, 0.3) is 0 Å². The van der Waals surface area contributed by atoms with Crippen LogP contribution in [0.3, 0.4) is 0 Å². The fourth-order valence-corrected chi connectivity index (χ4v) is 1.26. The Morgan fingerprint density at radius 3 is 2.83 bits per heavy atom. The quantitative estimate of drug-likeness (QED) is 0.830. The van der Waals surface area contributed by atoms with Crippen molar-refractivity contribution in [1.29, 1.82) is 0 Å². The molecule has 0 spiro atoms. The summed E-state index contributed by atoms with van der Waals surface area (Å²) in [5.74, 6) is 0.903. The van der Waals surface area contributed by atoms with Crippen molar-refractivity contribution < 1.29 is 9.84 Å². The maximum atomic E-state index is 9.05. The molecule has 0 heterocycles. The number of benzene rings is 1. The molecule has 0 aliphatic rings. The van der Waals surface area contributed by atoms with E-state index in [-0.39, 0.29) is 5.75 Å². The highest BCUT2D eigenvalue weighted by molar-refractivity contribution is 9.10. The molecule has 0 aromatic heterocycles. The van der Waals surface area contributed by atoms with Crippen LogP contribution in [0, 0.1) is 0 Å². The molecular weight excluding hydrogens is 222 g/mol. The van der Waals surface area contributed by atoms with Gasteiger partial charge in [0.2, 0.25) is 0 Å². The van der Waals surface area contributed by atoms with Crippen molar-refractivity contribution in [2.75, 3.05) is 13.2 Å². The smallest absolute Gasteiger partial charge is 0.133 e. The van der Waals surface area contributed by atoms with Crippen molar-refractivity contribution in [2.45, 2.75) is 0 Å². The summed E-state index contributed by atoms with van der Waals surface area (Å²) in [5.41, 5.74) is 5.27. The first kappa shape index (κ1) is 9.35. The van der Waals surface area contributed by atoms with Gasteiger partial charge in [-0.05, 0) is 34.1 Å². The van der Waals surface area contributed by atoms with Gasteiger partial charge in [0.15, 0.2) is 0 Å². The lowest BCUT2D eigenvalue weighted by Gasteiger charge is -2.06. The number of nitrogens with two attached hydrogens (primary N) is 1. The minimum absolute atomic E-state index is 0.210. The predicted molar refractivity (Wildman–Crippen MR) is 50.4 cm³/mol. The standard InChI is InChI=1S/C8H10BrNO2/c9-7-5-6(11)1-2-8(7)12-4-3-10/h1-2,5,11H,3-4,10H2. The second-order valence-electron chi connectivity index (χ2n) is 2.25. The van der Waals surface area contributed by atoms with E-state index in [0.717, 1.165) is 4.47 Å². The Balaban J connectivity index is 2.72. The van der Waals surface area contributed by atoms with Crippen molar-refractivity contribution in [1.82, 2.24) is 0 Å². The molecule has 0 bridgehead atoms. The molecule has 0 unspecified atom stereocenters. The van der Waals surface area contributed by atoms with E-state index in [4.69, 9.17) is 15.6 Å². The van der Waals surface area contributed by atoms with E-state index >= 15 is 0 Å². The Kier molecular flexibility index (Phi) is 3.37. The summed E-state index contributed by atoms with van der Waals surface area (Å²) < 4.78 is 5.99. The molecule has 0 radical (unpaired) electrons. The monoisotopic (exact) mass is 231 g/mol. The number of phenolic OH excluding ortho intramolecular Hbond substituents is 1. The summed E-state index contributed by atoms with van der Waals surface area (Å²) >= 11 is 3.25. The molecule has 0 saturated heterocycles. The summed E-state index contributed by atoms with van der Waals surface area (Å²) in [6, 6.07) is 4.83. The molecule has 1 aromatic carbocycles. The number of hydrogen-bond donors (Lipinski definition) is 2. The van der Waals surface area contributed by atoms with Crippen LogP contribution < -0.4 is 10.5 Å². The first-order chi connectivity index (χ1) is 5.74. The third kappa shape index (κ3) is 2.39. The second-order valence-corrected chi connectivity index (χ2v) is 3.11. The lowest BCUT2D eigenvalue weighted by atomic mass is 10.3. The van der Waals surface area contributed by atoms with Crippen LogP contribution in [0.2, 0.25) is 0 Å². The van der Waals surface area contributed by atoms with E-state index in [1.54, 1.807) is 18.2 Å². The molecule has 1 aromatic rings. The summed E-state index contributed by atoms with van der Waals surface area (Å²) in [4.78, 5) is 0. The number of ether oxygens (including phenoxy) is 1. The van der Waals surface area contributed by atoms with Crippen molar-refractivity contribution >= 4 is 15.9 Å². The third-order valence-corrected chi connectivity index (χ3v) is 1.91. The van der Waals surface area contributed by atoms with Gasteiger partial charge in [0.05, 0.1) is 4.47 Å². The highest BCUT2D eigenvalue weighted by atomic mass is 79.9. The average Bonchev–Trinajstić information content (AvgIpc) is 2.03. The lowest BCUT2D eigenvalue weighted by Crippen LogP contribution is -2.10. The summed E-state index contributed by atoms with van der Waals surface area (Å²) in [6.07, 6.45) is 0. The van der Waals surface area contributed by atoms with E-state index in [0.29, 0.717) is 18.9 Å². The lowest BCUT2D eigenvalue weighted by molar-refractivity contribution is 0.325. The first-order valence-electron chi connectivity index (χ1n) is 3.55. The van der Waals surface area contributed by atoms with Crippen LogP contribution >= 0.6 is 15.9 Å². The Morgan fingerprint density at radius 2 is 2.25 bits per heavy atom. The SMILES string of the molecule is NCCOc1ccc(O)cc1Br. The topological polar surface area (TPSA) is 55.5 Å². The molecule has 0 aliphatic heterocycles. The molecular formula is C8H10BrNO2. The van der Waals surface area contributed by atoms with E-state index in [1.807, 2.05) is 0 Å². The van der Waals surface area contributed by atoms with E-state index < -0.39 is 0 Å². The zero-order valence-corrected chi connectivity index (χ0v) is 8.04. The molecule has 0 amide bonds. The van der Waals surface area contributed by atoms with Crippen LogP contribution in [-0.4, -0.2) is 18.3 Å². The predicted octanol–water partition coefficient (Wildman–Crippen LogP) is 1.49. The molecule has 3 N–H and O–H groups in total. The Morgan fingerprint density at radius 1 is 1.50 bits per heavy atom. The Labute approximate surface area is 79.3 Å². The first-order valence-corrected chi connectivity index (χ1v) is 4.34. The van der Waals surface area contributed by atoms with E-state index in [1.165, 1.54) is 0 Å². The van der Waals surface area contributed by atoms with Crippen molar-refractivity contribution in [2.24, 2.45) is 5.73 Å². The van der Waals surface area contributed by atoms with Crippen LogP contribution in [0.1, 0.15) is 0 Å². The summed E-state index contributed by atoms with van der Waals surface area (Å²) in [5, 5.41) is 9.05. The maximum Gasteiger partial charge on any atom is 0.133 e. The van der Waals surface area contributed by atoms with Crippen molar-refractivity contribution in [3.8, 4) is 11.5 Å². The number of hydrogen-bond acceptors (Lipinski definition) is 3. The van der Waals surface area contributed by atoms with Gasteiger partial charge in [0, 0.05) is 6.54 Å². The largest absolute Gasteiger partial charge is 0.508 e. The molecule has 66 valence electrons. The van der Waals surface area contributed by atoms with Gasteiger partial charge in [-0.25, -0.2) is 0 Å². The zero-order valence-electron chi connectivity index (χ0n) is 6.46. The van der Waals surface area contributed by atoms with Crippen LogP contribution in [-0.2, 0) is 0 Å². The second kappa shape index (κ2) is 4.33. The van der Waals surface area contributed by atoms with Gasteiger partial charge in [0.25, 0.3) is 0 Å². The molecule has 4 heteroatoms. The minimum Gasteiger partial charge on any atom is -0.508 e. The van der Waals surface area contributed by atoms with E-state index in [9.17, 15) is 0 Å². The fourth-order valence-electron chi connectivity index (χ4n) is 0.776. The maximum absolute atomic E-state index is 9.05. The molecule has 1 rings (SSSR count). The minimum atomic E-state index is 0.210. The van der Waals surface area contributed by atoms with Gasteiger partial charge >= 0.3 is 0 Å². The molecule has 3 nitrogen and oxygen atoms in total. The number of halogens is 1. The van der Waals surface area contributed by atoms with Crippen molar-refractivity contribution in [3.63, 3.8) is 0 Å². The molecule has 12 heavy (non-hydrogen) atoms. The zero-order chi connectivity index (χ0) is 8.97. The van der Waals surface area contributed by atoms with Crippen LogP contribution in [0.5, 0.6) is 11.5 Å². The molecule has 0 atom stereocenters. The van der Waals surface area contributed by atoms with Crippen LogP contribution in [0.4, 0.5) is 0 Å². The average molecular weight is 232 g/mol. The highest BCUT2D eigenvalue weighted by Crippen LogP contribution is 2.28. The molecule has 0 aliphatic carbocycles. The number of rotatable bonds is 3. The normalized spacial score (nSPS) is 9.83. The third-order valence-electron chi connectivity index (χ3n) is 1.29. The summed E-state index contributed by atoms with van der Waals surface area (Å²) in [6.45, 7) is 0.955. The van der Waals surface area contributed by atoms with Gasteiger partial charge in [-0.3, -0.25) is 0 Å². The van der Waals surface area contributed by atoms with Crippen molar-refractivity contribution in [3.05, 3.63) is 22.7 Å². The Hall–Kier alpha value is -0.740. The molecule has 0 saturated carbocycles. The fraction of sp³-hybridized carbons (Fsp3) is 0.250. The van der Waals surface area contributed by atoms with Gasteiger partial charge < -0.3 is 15.6 Å². The molecule has 0 fully saturated rings. The van der Waals surface area contributed by atoms with Crippen LogP contribution in [0.15, 0.2) is 22.7 Å². The Bertz CT molecular complexity index is 265. The van der Waals surface area contributed by atoms with Gasteiger partial charge in [-0.2, -0.15) is 0 Å². The van der Waals surface area contributed by atoms with Gasteiger partial charge in [-0.1, -0.05) is 0 Å². The number of aromatic hydroxyl groups is 1.